The molecule has 1 saturated heterocycles. The van der Waals surface area contributed by atoms with Crippen LogP contribution < -0.4 is 9.47 Å². The normalized spacial score (nSPS) is 21.5. The first-order valence-corrected chi connectivity index (χ1v) is 8.13. The molecule has 0 N–H and O–H groups in total. The second-order valence-corrected chi connectivity index (χ2v) is 6.37. The number of rotatable bonds is 6. The van der Waals surface area contributed by atoms with Gasteiger partial charge < -0.3 is 14.4 Å². The van der Waals surface area contributed by atoms with Crippen molar-refractivity contribution in [2.75, 3.05) is 26.8 Å². The number of amides is 1. The first-order chi connectivity index (χ1) is 10.6. The van der Waals surface area contributed by atoms with E-state index in [1.807, 2.05) is 29.2 Å². The number of carbonyl (C=O) groups excluding carboxylic acids is 1. The van der Waals surface area contributed by atoms with Gasteiger partial charge in [-0.3, -0.25) is 4.79 Å². The maximum Gasteiger partial charge on any atom is 0.222 e. The Bertz CT molecular complexity index is 462. The maximum atomic E-state index is 12.2. The van der Waals surface area contributed by atoms with E-state index >= 15 is 0 Å². The zero-order valence-electron chi connectivity index (χ0n) is 13.9. The Labute approximate surface area is 133 Å². The van der Waals surface area contributed by atoms with Gasteiger partial charge in [-0.2, -0.15) is 0 Å². The van der Waals surface area contributed by atoms with E-state index in [1.165, 1.54) is 6.42 Å². The highest BCUT2D eigenvalue weighted by Gasteiger charge is 2.24. The van der Waals surface area contributed by atoms with Crippen LogP contribution in [0.15, 0.2) is 24.3 Å². The van der Waals surface area contributed by atoms with Gasteiger partial charge in [0.2, 0.25) is 5.91 Å². The minimum absolute atomic E-state index is 0.261. The first-order valence-electron chi connectivity index (χ1n) is 8.13. The topological polar surface area (TPSA) is 38.8 Å². The summed E-state index contributed by atoms with van der Waals surface area (Å²) < 4.78 is 10.8. The molecule has 0 aromatic heterocycles. The second-order valence-electron chi connectivity index (χ2n) is 6.37. The molecule has 1 fully saturated rings. The van der Waals surface area contributed by atoms with Gasteiger partial charge in [-0.1, -0.05) is 13.8 Å². The molecular weight excluding hydrogens is 278 g/mol. The summed E-state index contributed by atoms with van der Waals surface area (Å²) in [5, 5.41) is 0. The molecule has 1 heterocycles. The molecule has 1 aromatic rings. The van der Waals surface area contributed by atoms with Gasteiger partial charge >= 0.3 is 0 Å². The van der Waals surface area contributed by atoms with E-state index in [-0.39, 0.29) is 5.91 Å². The van der Waals surface area contributed by atoms with E-state index < -0.39 is 0 Å². The fourth-order valence-corrected chi connectivity index (χ4v) is 3.11. The van der Waals surface area contributed by atoms with Crippen LogP contribution in [0, 0.1) is 11.8 Å². The molecule has 0 saturated carbocycles. The van der Waals surface area contributed by atoms with Crippen LogP contribution in [-0.4, -0.2) is 37.6 Å². The SMILES string of the molecule is COc1ccc(OCCCC(=O)N2CC(C)CC(C)C2)cc1. The van der Waals surface area contributed by atoms with Gasteiger partial charge in [0.15, 0.2) is 0 Å². The molecule has 0 spiro atoms. The number of piperidine rings is 1. The number of benzene rings is 1. The van der Waals surface area contributed by atoms with Crippen molar-refractivity contribution in [3.63, 3.8) is 0 Å². The molecule has 1 aliphatic rings. The lowest BCUT2D eigenvalue weighted by molar-refractivity contribution is -0.134. The zero-order chi connectivity index (χ0) is 15.9. The molecule has 122 valence electrons. The lowest BCUT2D eigenvalue weighted by Crippen LogP contribution is -2.42. The first kappa shape index (κ1) is 16.7. The third-order valence-corrected chi connectivity index (χ3v) is 4.08. The van der Waals surface area contributed by atoms with Crippen LogP contribution in [0.1, 0.15) is 33.1 Å². The lowest BCUT2D eigenvalue weighted by Gasteiger charge is -2.35. The second kappa shape index (κ2) is 8.06. The van der Waals surface area contributed by atoms with E-state index in [0.717, 1.165) is 31.0 Å². The summed E-state index contributed by atoms with van der Waals surface area (Å²) in [6, 6.07) is 7.51. The Hall–Kier alpha value is -1.71. The molecule has 0 aliphatic carbocycles. The van der Waals surface area contributed by atoms with Crippen molar-refractivity contribution in [3.8, 4) is 11.5 Å². The van der Waals surface area contributed by atoms with Gasteiger partial charge in [0, 0.05) is 19.5 Å². The summed E-state index contributed by atoms with van der Waals surface area (Å²) in [5.74, 6) is 3.12. The smallest absolute Gasteiger partial charge is 0.222 e. The van der Waals surface area contributed by atoms with Crippen LogP contribution in [0.2, 0.25) is 0 Å². The minimum Gasteiger partial charge on any atom is -0.497 e. The van der Waals surface area contributed by atoms with E-state index in [9.17, 15) is 4.79 Å². The molecule has 0 radical (unpaired) electrons. The van der Waals surface area contributed by atoms with Gasteiger partial charge in [-0.05, 0) is 48.9 Å². The Morgan fingerprint density at radius 3 is 2.32 bits per heavy atom. The Morgan fingerprint density at radius 2 is 1.73 bits per heavy atom. The molecule has 4 heteroatoms. The highest BCUT2D eigenvalue weighted by Crippen LogP contribution is 2.22. The standard InChI is InChI=1S/C18H27NO3/c1-14-11-15(2)13-19(12-14)18(20)5-4-10-22-17-8-6-16(21-3)7-9-17/h6-9,14-15H,4-5,10-13H2,1-3H3. The van der Waals surface area contributed by atoms with Gasteiger partial charge in [0.1, 0.15) is 11.5 Å². The molecule has 1 amide bonds. The summed E-state index contributed by atoms with van der Waals surface area (Å²) in [6.45, 7) is 6.83. The molecule has 4 nitrogen and oxygen atoms in total. The third-order valence-electron chi connectivity index (χ3n) is 4.08. The summed E-state index contributed by atoms with van der Waals surface area (Å²) in [5.41, 5.74) is 0. The maximum absolute atomic E-state index is 12.2. The lowest BCUT2D eigenvalue weighted by atomic mass is 9.91. The van der Waals surface area contributed by atoms with E-state index in [0.29, 0.717) is 24.9 Å². The van der Waals surface area contributed by atoms with Crippen LogP contribution in [0.25, 0.3) is 0 Å². The van der Waals surface area contributed by atoms with Crippen molar-refractivity contribution in [1.82, 2.24) is 4.90 Å². The van der Waals surface area contributed by atoms with Crippen molar-refractivity contribution in [2.24, 2.45) is 11.8 Å². The monoisotopic (exact) mass is 305 g/mol. The van der Waals surface area contributed by atoms with E-state index in [4.69, 9.17) is 9.47 Å². The molecule has 2 atom stereocenters. The number of ether oxygens (including phenoxy) is 2. The molecule has 2 rings (SSSR count). The average Bonchev–Trinajstić information content (AvgIpc) is 2.51. The number of hydrogen-bond donors (Lipinski definition) is 0. The van der Waals surface area contributed by atoms with Gasteiger partial charge in [-0.15, -0.1) is 0 Å². The number of nitrogens with zero attached hydrogens (tertiary/aromatic N) is 1. The number of methoxy groups -OCH3 is 1. The quantitative estimate of drug-likeness (QED) is 0.757. The highest BCUT2D eigenvalue weighted by molar-refractivity contribution is 5.76. The van der Waals surface area contributed by atoms with Crippen LogP contribution in [0.4, 0.5) is 0 Å². The summed E-state index contributed by atoms with van der Waals surface area (Å²) in [4.78, 5) is 14.3. The van der Waals surface area contributed by atoms with Gasteiger partial charge in [0.25, 0.3) is 0 Å². The third kappa shape index (κ3) is 4.93. The predicted octanol–water partition coefficient (Wildman–Crippen LogP) is 3.36. The molecule has 2 unspecified atom stereocenters. The fourth-order valence-electron chi connectivity index (χ4n) is 3.11. The summed E-state index contributed by atoms with van der Waals surface area (Å²) in [7, 11) is 1.64. The Kier molecular flexibility index (Phi) is 6.10. The number of carbonyl (C=O) groups is 1. The Morgan fingerprint density at radius 1 is 1.14 bits per heavy atom. The van der Waals surface area contributed by atoms with E-state index in [1.54, 1.807) is 7.11 Å². The van der Waals surface area contributed by atoms with Crippen LogP contribution >= 0.6 is 0 Å². The van der Waals surface area contributed by atoms with Crippen molar-refractivity contribution < 1.29 is 14.3 Å². The minimum atomic E-state index is 0.261. The molecule has 0 bridgehead atoms. The summed E-state index contributed by atoms with van der Waals surface area (Å²) >= 11 is 0. The average molecular weight is 305 g/mol. The number of hydrogen-bond acceptors (Lipinski definition) is 3. The largest absolute Gasteiger partial charge is 0.497 e. The van der Waals surface area contributed by atoms with Crippen molar-refractivity contribution >= 4 is 5.91 Å². The predicted molar refractivity (Wildman–Crippen MR) is 87.2 cm³/mol. The Balaban J connectivity index is 1.68. The van der Waals surface area contributed by atoms with Crippen LogP contribution in [-0.2, 0) is 4.79 Å². The van der Waals surface area contributed by atoms with Crippen molar-refractivity contribution in [1.29, 1.82) is 0 Å². The molecule has 22 heavy (non-hydrogen) atoms. The fraction of sp³-hybridized carbons (Fsp3) is 0.611. The number of likely N-dealkylation sites (tertiary alicyclic amines) is 1. The van der Waals surface area contributed by atoms with Crippen molar-refractivity contribution in [2.45, 2.75) is 33.1 Å². The summed E-state index contributed by atoms with van der Waals surface area (Å²) in [6.07, 6.45) is 2.55. The highest BCUT2D eigenvalue weighted by atomic mass is 16.5. The van der Waals surface area contributed by atoms with Crippen LogP contribution in [0.3, 0.4) is 0 Å². The van der Waals surface area contributed by atoms with Gasteiger partial charge in [0.05, 0.1) is 13.7 Å². The molecule has 1 aliphatic heterocycles. The zero-order valence-corrected chi connectivity index (χ0v) is 13.9. The van der Waals surface area contributed by atoms with Crippen molar-refractivity contribution in [3.05, 3.63) is 24.3 Å². The molecular formula is C18H27NO3. The van der Waals surface area contributed by atoms with Crippen LogP contribution in [0.5, 0.6) is 11.5 Å². The molecule has 1 aromatic carbocycles. The van der Waals surface area contributed by atoms with Gasteiger partial charge in [-0.25, -0.2) is 0 Å². The van der Waals surface area contributed by atoms with E-state index in [2.05, 4.69) is 13.8 Å².